The van der Waals surface area contributed by atoms with Gasteiger partial charge in [-0.05, 0) is 23.7 Å². The van der Waals surface area contributed by atoms with E-state index in [1.165, 1.54) is 23.5 Å². The Morgan fingerprint density at radius 1 is 1.29 bits per heavy atom. The van der Waals surface area contributed by atoms with E-state index < -0.39 is 0 Å². The number of hydrogen-bond donors (Lipinski definition) is 1. The molecule has 0 spiro atoms. The highest BCUT2D eigenvalue weighted by Gasteiger charge is 2.37. The summed E-state index contributed by atoms with van der Waals surface area (Å²) in [6, 6.07) is 11.6. The summed E-state index contributed by atoms with van der Waals surface area (Å²) in [4.78, 5) is 0. The van der Waals surface area contributed by atoms with Crippen LogP contribution in [0.2, 0.25) is 0 Å². The zero-order valence-electron chi connectivity index (χ0n) is 10.9. The molecule has 2 heteroatoms. The van der Waals surface area contributed by atoms with Crippen molar-refractivity contribution in [2.45, 2.75) is 32.2 Å². The zero-order valence-corrected chi connectivity index (χ0v) is 11.7. The molecule has 0 bridgehead atoms. The summed E-state index contributed by atoms with van der Waals surface area (Å²) < 4.78 is 0. The molecule has 0 radical (unpaired) electrons. The number of thioether (sulfide) groups is 1. The van der Waals surface area contributed by atoms with Crippen molar-refractivity contribution in [1.29, 1.82) is 0 Å². The molecule has 0 amide bonds. The summed E-state index contributed by atoms with van der Waals surface area (Å²) in [5.74, 6) is 4.12. The minimum atomic E-state index is 0.733. The van der Waals surface area contributed by atoms with E-state index in [0.29, 0.717) is 0 Å². The van der Waals surface area contributed by atoms with Crippen molar-refractivity contribution in [1.82, 2.24) is 5.32 Å². The van der Waals surface area contributed by atoms with E-state index in [1.54, 1.807) is 0 Å². The van der Waals surface area contributed by atoms with Gasteiger partial charge in [0.05, 0.1) is 0 Å². The Morgan fingerprint density at radius 3 is 2.76 bits per heavy atom. The minimum absolute atomic E-state index is 0.733. The van der Waals surface area contributed by atoms with Gasteiger partial charge in [-0.1, -0.05) is 44.2 Å². The summed E-state index contributed by atoms with van der Waals surface area (Å²) in [6.45, 7) is 5.73. The highest BCUT2D eigenvalue weighted by molar-refractivity contribution is 7.99. The van der Waals surface area contributed by atoms with E-state index in [1.807, 2.05) is 0 Å². The first-order valence-corrected chi connectivity index (χ1v) is 7.79. The van der Waals surface area contributed by atoms with Crippen molar-refractivity contribution >= 4 is 11.8 Å². The fourth-order valence-corrected chi connectivity index (χ4v) is 3.03. The smallest absolute Gasteiger partial charge is 0.0143 e. The molecular weight excluding hydrogens is 226 g/mol. The molecule has 1 aliphatic carbocycles. The predicted octanol–water partition coefficient (Wildman–Crippen LogP) is 3.52. The van der Waals surface area contributed by atoms with Gasteiger partial charge in [-0.2, -0.15) is 11.8 Å². The van der Waals surface area contributed by atoms with Crippen LogP contribution in [0.4, 0.5) is 0 Å². The molecule has 1 saturated carbocycles. The molecule has 94 valence electrons. The van der Waals surface area contributed by atoms with Gasteiger partial charge >= 0.3 is 0 Å². The third-order valence-electron chi connectivity index (χ3n) is 3.12. The molecule has 17 heavy (non-hydrogen) atoms. The Hall–Kier alpha value is -0.470. The van der Waals surface area contributed by atoms with Crippen LogP contribution >= 0.6 is 11.8 Å². The Kier molecular flexibility index (Phi) is 4.93. The lowest BCUT2D eigenvalue weighted by atomic mass is 10.1. The van der Waals surface area contributed by atoms with E-state index in [9.17, 15) is 0 Å². The van der Waals surface area contributed by atoms with Crippen LogP contribution in [-0.2, 0) is 0 Å². The molecule has 1 aromatic carbocycles. The predicted molar refractivity (Wildman–Crippen MR) is 77.8 cm³/mol. The fraction of sp³-hybridized carbons (Fsp3) is 0.600. The molecular formula is C15H23NS. The lowest BCUT2D eigenvalue weighted by Gasteiger charge is -2.06. The third-order valence-corrected chi connectivity index (χ3v) is 4.52. The maximum Gasteiger partial charge on any atom is 0.0143 e. The largest absolute Gasteiger partial charge is 0.313 e. The average Bonchev–Trinajstić information content (AvgIpc) is 3.09. The number of nitrogens with one attached hydrogen (secondary N) is 1. The molecule has 2 rings (SSSR count). The fourth-order valence-electron chi connectivity index (χ4n) is 2.12. The minimum Gasteiger partial charge on any atom is -0.313 e. The van der Waals surface area contributed by atoms with E-state index in [0.717, 1.165) is 24.4 Å². The molecule has 0 aromatic heterocycles. The third kappa shape index (κ3) is 4.36. The summed E-state index contributed by atoms with van der Waals surface area (Å²) >= 11 is 2.07. The second-order valence-electron chi connectivity index (χ2n) is 5.28. The van der Waals surface area contributed by atoms with Gasteiger partial charge in [0, 0.05) is 24.3 Å². The first-order valence-electron chi connectivity index (χ1n) is 6.63. The van der Waals surface area contributed by atoms with Crippen LogP contribution < -0.4 is 5.32 Å². The van der Waals surface area contributed by atoms with E-state index >= 15 is 0 Å². The summed E-state index contributed by atoms with van der Waals surface area (Å²) in [6.07, 6.45) is 1.32. The van der Waals surface area contributed by atoms with Gasteiger partial charge in [0.1, 0.15) is 0 Å². The Labute approximate surface area is 109 Å². The van der Waals surface area contributed by atoms with E-state index in [2.05, 4.69) is 61.3 Å². The van der Waals surface area contributed by atoms with Crippen LogP contribution in [0.25, 0.3) is 0 Å². The molecule has 0 aliphatic heterocycles. The average molecular weight is 249 g/mol. The lowest BCUT2D eigenvalue weighted by molar-refractivity contribution is 0.705. The van der Waals surface area contributed by atoms with Gasteiger partial charge < -0.3 is 5.32 Å². The SMILES string of the molecule is CC(C)CSCCNC1CC1c1ccccc1. The van der Waals surface area contributed by atoms with Crippen LogP contribution in [0, 0.1) is 5.92 Å². The molecule has 2 atom stereocenters. The number of rotatable bonds is 7. The van der Waals surface area contributed by atoms with Gasteiger partial charge in [0.15, 0.2) is 0 Å². The first kappa shape index (κ1) is 13.0. The monoisotopic (exact) mass is 249 g/mol. The van der Waals surface area contributed by atoms with Gasteiger partial charge in [0.2, 0.25) is 0 Å². The summed E-state index contributed by atoms with van der Waals surface area (Å²) in [5, 5.41) is 3.66. The number of hydrogen-bond acceptors (Lipinski definition) is 2. The second kappa shape index (κ2) is 6.46. The van der Waals surface area contributed by atoms with Crippen molar-refractivity contribution in [2.75, 3.05) is 18.1 Å². The molecule has 0 heterocycles. The molecule has 1 N–H and O–H groups in total. The summed E-state index contributed by atoms with van der Waals surface area (Å²) in [5.41, 5.74) is 1.50. The molecule has 1 nitrogen and oxygen atoms in total. The quantitative estimate of drug-likeness (QED) is 0.742. The van der Waals surface area contributed by atoms with Gasteiger partial charge in [-0.15, -0.1) is 0 Å². The van der Waals surface area contributed by atoms with E-state index in [-0.39, 0.29) is 0 Å². The second-order valence-corrected chi connectivity index (χ2v) is 6.43. The zero-order chi connectivity index (χ0) is 12.1. The van der Waals surface area contributed by atoms with Gasteiger partial charge in [-0.25, -0.2) is 0 Å². The lowest BCUT2D eigenvalue weighted by Crippen LogP contribution is -2.21. The summed E-state index contributed by atoms with van der Waals surface area (Å²) in [7, 11) is 0. The highest BCUT2D eigenvalue weighted by Crippen LogP contribution is 2.40. The van der Waals surface area contributed by atoms with Crippen molar-refractivity contribution in [3.05, 3.63) is 35.9 Å². The van der Waals surface area contributed by atoms with Crippen molar-refractivity contribution in [2.24, 2.45) is 5.92 Å². The normalized spacial score (nSPS) is 23.0. The first-order chi connectivity index (χ1) is 8.27. The maximum atomic E-state index is 3.66. The molecule has 0 saturated heterocycles. The topological polar surface area (TPSA) is 12.0 Å². The van der Waals surface area contributed by atoms with Crippen molar-refractivity contribution < 1.29 is 0 Å². The Balaban J connectivity index is 1.58. The maximum absolute atomic E-state index is 3.66. The van der Waals surface area contributed by atoms with E-state index in [4.69, 9.17) is 0 Å². The van der Waals surface area contributed by atoms with Crippen LogP contribution in [0.15, 0.2) is 30.3 Å². The van der Waals surface area contributed by atoms with Gasteiger partial charge in [0.25, 0.3) is 0 Å². The molecule has 2 unspecified atom stereocenters. The standard InChI is InChI=1S/C15H23NS/c1-12(2)11-17-9-8-16-15-10-14(15)13-6-4-3-5-7-13/h3-7,12,14-16H,8-11H2,1-2H3. The van der Waals surface area contributed by atoms with Crippen LogP contribution in [0.5, 0.6) is 0 Å². The van der Waals surface area contributed by atoms with Crippen molar-refractivity contribution in [3.8, 4) is 0 Å². The van der Waals surface area contributed by atoms with Crippen LogP contribution in [-0.4, -0.2) is 24.1 Å². The molecule has 1 aromatic rings. The van der Waals surface area contributed by atoms with Crippen LogP contribution in [0.1, 0.15) is 31.7 Å². The Bertz CT molecular complexity index is 323. The Morgan fingerprint density at radius 2 is 2.06 bits per heavy atom. The molecule has 1 fully saturated rings. The van der Waals surface area contributed by atoms with Gasteiger partial charge in [-0.3, -0.25) is 0 Å². The van der Waals surface area contributed by atoms with Crippen LogP contribution in [0.3, 0.4) is 0 Å². The molecule has 1 aliphatic rings. The van der Waals surface area contributed by atoms with Crippen molar-refractivity contribution in [3.63, 3.8) is 0 Å². The number of benzene rings is 1. The highest BCUT2D eigenvalue weighted by atomic mass is 32.2.